The van der Waals surface area contributed by atoms with Crippen LogP contribution < -0.4 is 5.32 Å². The topological polar surface area (TPSA) is 179 Å². The summed E-state index contributed by atoms with van der Waals surface area (Å²) in [4.78, 5) is 23.2. The maximum absolute atomic E-state index is 12.4. The van der Waals surface area contributed by atoms with Gasteiger partial charge in [0.25, 0.3) is 0 Å². The van der Waals surface area contributed by atoms with Crippen molar-refractivity contribution in [2.24, 2.45) is 0 Å². The summed E-state index contributed by atoms with van der Waals surface area (Å²) in [7, 11) is 0. The number of Topliss-reactive ketones (excluding diaryl/α,β-unsaturated/α-hetero) is 1. The first-order chi connectivity index (χ1) is 18.2. The van der Waals surface area contributed by atoms with Crippen LogP contribution in [-0.2, 0) is 33.3 Å². The lowest BCUT2D eigenvalue weighted by Gasteiger charge is -2.11. The maximum atomic E-state index is 12.4. The van der Waals surface area contributed by atoms with Gasteiger partial charge < -0.3 is 33.4 Å². The van der Waals surface area contributed by atoms with Gasteiger partial charge in [0.15, 0.2) is 5.90 Å². The molecule has 2 aromatic rings. The Labute approximate surface area is 221 Å². The highest BCUT2D eigenvalue weighted by Gasteiger charge is 2.14. The van der Waals surface area contributed by atoms with Gasteiger partial charge in [0.1, 0.15) is 5.78 Å². The van der Waals surface area contributed by atoms with Crippen LogP contribution in [0.5, 0.6) is 0 Å². The molecule has 0 unspecified atom stereocenters. The predicted molar refractivity (Wildman–Crippen MR) is 138 cm³/mol. The molecule has 3 N–H and O–H groups in total. The van der Waals surface area contributed by atoms with E-state index in [4.69, 9.17) is 38.9 Å². The highest BCUT2D eigenvalue weighted by molar-refractivity contribution is 6.01. The number of rotatable bonds is 18. The lowest BCUT2D eigenvalue weighted by molar-refractivity contribution is -0.118. The molecule has 0 radical (unpaired) electrons. The zero-order valence-corrected chi connectivity index (χ0v) is 22.0. The Bertz CT molecular complexity index is 1070. The highest BCUT2D eigenvalue weighted by Crippen LogP contribution is 2.25. The van der Waals surface area contributed by atoms with Gasteiger partial charge in [0.05, 0.1) is 59.3 Å². The van der Waals surface area contributed by atoms with Gasteiger partial charge in [0.2, 0.25) is 23.6 Å². The highest BCUT2D eigenvalue weighted by atomic mass is 16.6. The number of nitrogens with one attached hydrogen (secondary N) is 3. The molecule has 0 bridgehead atoms. The first-order valence-corrected chi connectivity index (χ1v) is 12.1. The average molecular weight is 534 g/mol. The van der Waals surface area contributed by atoms with Crippen molar-refractivity contribution in [3.8, 4) is 11.5 Å². The molecule has 0 aliphatic heterocycles. The lowest BCUT2D eigenvalue weighted by atomic mass is 10.1. The summed E-state index contributed by atoms with van der Waals surface area (Å²) in [6.07, 6.45) is 0.520. The molecule has 0 aliphatic carbocycles. The maximum Gasteiger partial charge on any atom is 0.247 e. The van der Waals surface area contributed by atoms with Crippen LogP contribution in [0.2, 0.25) is 0 Å². The molecule has 208 valence electrons. The second-order valence-electron chi connectivity index (χ2n) is 8.11. The van der Waals surface area contributed by atoms with E-state index in [1.165, 1.54) is 13.8 Å². The summed E-state index contributed by atoms with van der Waals surface area (Å²) in [5, 5.41) is 26.1. The van der Waals surface area contributed by atoms with Crippen LogP contribution in [-0.4, -0.2) is 86.5 Å². The van der Waals surface area contributed by atoms with Crippen LogP contribution in [0.3, 0.4) is 0 Å². The Kier molecular flexibility index (Phi) is 13.8. The molecule has 38 heavy (non-hydrogen) atoms. The number of carbonyl (C=O) groups excluding carboxylic acids is 2. The predicted octanol–water partition coefficient (Wildman–Crippen LogP) is 2.76. The van der Waals surface area contributed by atoms with Crippen LogP contribution in [0.25, 0.3) is 11.5 Å². The van der Waals surface area contributed by atoms with Gasteiger partial charge in [-0.15, -0.1) is 10.2 Å². The summed E-state index contributed by atoms with van der Waals surface area (Å²) in [6, 6.07) is 4.81. The minimum atomic E-state index is -0.287. The molecule has 1 heterocycles. The van der Waals surface area contributed by atoms with Gasteiger partial charge in [-0.1, -0.05) is 0 Å². The third kappa shape index (κ3) is 12.6. The second kappa shape index (κ2) is 17.1. The van der Waals surface area contributed by atoms with Crippen molar-refractivity contribution >= 4 is 29.2 Å². The fourth-order valence-electron chi connectivity index (χ4n) is 2.95. The number of carbonyl (C=O) groups is 2. The SMILES string of the molecule is CC(=N)OC(=N)c1cc(NC(=O)CCOCCOCCOCCOCCC(C)=O)cc(-c2nnc(C)o2)c1. The monoisotopic (exact) mass is 533 g/mol. The molecule has 0 saturated heterocycles. The lowest BCUT2D eigenvalue weighted by Crippen LogP contribution is -2.17. The summed E-state index contributed by atoms with van der Waals surface area (Å²) in [5.74, 6) is 0.0224. The first kappa shape index (κ1) is 30.7. The number of aryl methyl sites for hydroxylation is 1. The largest absolute Gasteiger partial charge is 0.426 e. The summed E-state index contributed by atoms with van der Waals surface area (Å²) in [6.45, 7) is 7.59. The first-order valence-electron chi connectivity index (χ1n) is 12.1. The van der Waals surface area contributed by atoms with E-state index in [0.29, 0.717) is 75.4 Å². The minimum Gasteiger partial charge on any atom is -0.426 e. The molecule has 13 heteroatoms. The van der Waals surface area contributed by atoms with Crippen LogP contribution in [0.1, 0.15) is 38.1 Å². The number of hydrogen-bond acceptors (Lipinski definition) is 12. The number of hydrogen-bond donors (Lipinski definition) is 3. The molecular formula is C25H35N5O8. The minimum absolute atomic E-state index is 0.0985. The smallest absolute Gasteiger partial charge is 0.247 e. The van der Waals surface area contributed by atoms with E-state index >= 15 is 0 Å². The van der Waals surface area contributed by atoms with Crippen molar-refractivity contribution in [3.63, 3.8) is 0 Å². The number of ketones is 1. The number of amides is 1. The Hall–Kier alpha value is -3.52. The van der Waals surface area contributed by atoms with Gasteiger partial charge in [0, 0.05) is 37.1 Å². The molecule has 2 rings (SSSR count). The van der Waals surface area contributed by atoms with E-state index in [2.05, 4.69) is 15.5 Å². The van der Waals surface area contributed by atoms with Crippen molar-refractivity contribution < 1.29 is 37.7 Å². The Balaban J connectivity index is 1.67. The molecule has 13 nitrogen and oxygen atoms in total. The standard InChI is InChI=1S/C25H35N5O8/c1-17(31)4-6-33-8-10-35-12-13-36-11-9-34-7-5-23(32)28-22-15-20(24(27)37-18(2)26)14-21(16-22)25-30-29-19(3)38-25/h14-16,26-27H,4-13H2,1-3H3,(H,28,32). The second-order valence-corrected chi connectivity index (χ2v) is 8.11. The molecule has 1 aromatic carbocycles. The van der Waals surface area contributed by atoms with E-state index in [1.54, 1.807) is 25.1 Å². The fraction of sp³-hybridized carbons (Fsp3) is 0.520. The molecule has 0 aliphatic rings. The van der Waals surface area contributed by atoms with Crippen molar-refractivity contribution in [1.82, 2.24) is 10.2 Å². The Morgan fingerprint density at radius 3 is 1.95 bits per heavy atom. The summed E-state index contributed by atoms with van der Waals surface area (Å²) >= 11 is 0. The van der Waals surface area contributed by atoms with Gasteiger partial charge in [-0.3, -0.25) is 20.4 Å². The van der Waals surface area contributed by atoms with E-state index in [-0.39, 0.29) is 42.4 Å². The van der Waals surface area contributed by atoms with E-state index in [0.717, 1.165) is 0 Å². The van der Waals surface area contributed by atoms with E-state index < -0.39 is 0 Å². The third-order valence-electron chi connectivity index (χ3n) is 4.70. The van der Waals surface area contributed by atoms with Crippen LogP contribution in [0.15, 0.2) is 22.6 Å². The summed E-state index contributed by atoms with van der Waals surface area (Å²) in [5.41, 5.74) is 1.23. The number of ether oxygens (including phenoxy) is 5. The fourth-order valence-corrected chi connectivity index (χ4v) is 2.95. The summed E-state index contributed by atoms with van der Waals surface area (Å²) < 4.78 is 32.0. The van der Waals surface area contributed by atoms with Crippen LogP contribution in [0.4, 0.5) is 5.69 Å². The Morgan fingerprint density at radius 1 is 0.842 bits per heavy atom. The number of aromatic nitrogens is 2. The number of nitrogens with zero attached hydrogens (tertiary/aromatic N) is 2. The van der Waals surface area contributed by atoms with Crippen molar-refractivity contribution in [1.29, 1.82) is 10.8 Å². The number of anilines is 1. The van der Waals surface area contributed by atoms with Gasteiger partial charge in [-0.25, -0.2) is 0 Å². The van der Waals surface area contributed by atoms with Gasteiger partial charge in [-0.05, 0) is 25.1 Å². The van der Waals surface area contributed by atoms with Crippen molar-refractivity contribution in [3.05, 3.63) is 29.7 Å². The van der Waals surface area contributed by atoms with Gasteiger partial charge >= 0.3 is 0 Å². The number of benzene rings is 1. The van der Waals surface area contributed by atoms with Crippen LogP contribution >= 0.6 is 0 Å². The molecule has 0 atom stereocenters. The van der Waals surface area contributed by atoms with Crippen molar-refractivity contribution in [2.75, 3.05) is 58.2 Å². The zero-order chi connectivity index (χ0) is 27.8. The van der Waals surface area contributed by atoms with E-state index in [9.17, 15) is 9.59 Å². The molecule has 1 aromatic heterocycles. The molecular weight excluding hydrogens is 498 g/mol. The quantitative estimate of drug-likeness (QED) is 0.146. The molecule has 0 spiro atoms. The van der Waals surface area contributed by atoms with Gasteiger partial charge in [-0.2, -0.15) is 0 Å². The van der Waals surface area contributed by atoms with E-state index in [1.807, 2.05) is 0 Å². The van der Waals surface area contributed by atoms with Crippen LogP contribution in [0, 0.1) is 17.7 Å². The zero-order valence-electron chi connectivity index (χ0n) is 22.0. The van der Waals surface area contributed by atoms with Crippen molar-refractivity contribution in [2.45, 2.75) is 33.6 Å². The third-order valence-corrected chi connectivity index (χ3v) is 4.70. The Morgan fingerprint density at radius 2 is 1.42 bits per heavy atom. The average Bonchev–Trinajstić information content (AvgIpc) is 3.29. The molecule has 0 fully saturated rings. The molecule has 1 amide bonds. The molecule has 0 saturated carbocycles. The normalized spacial score (nSPS) is 10.8.